The zero-order chi connectivity index (χ0) is 17.4. The van der Waals surface area contributed by atoms with Gasteiger partial charge in [0.25, 0.3) is 0 Å². The maximum absolute atomic E-state index is 12.2. The first-order valence-corrected chi connectivity index (χ1v) is 7.71. The highest BCUT2D eigenvalue weighted by molar-refractivity contribution is 5.85. The molecule has 0 aliphatic carbocycles. The third kappa shape index (κ3) is 5.52. The largest absolute Gasteiger partial charge is 0.480 e. The molecule has 0 aliphatic heterocycles. The van der Waals surface area contributed by atoms with Crippen molar-refractivity contribution in [3.8, 4) is 0 Å². The van der Waals surface area contributed by atoms with Crippen LogP contribution in [-0.2, 0) is 33.8 Å². The Kier molecular flexibility index (Phi) is 6.51. The Morgan fingerprint density at radius 1 is 1.04 bits per heavy atom. The number of ether oxygens (including phenoxy) is 1. The third-order valence-electron chi connectivity index (χ3n) is 3.58. The number of aliphatic carboxylic acids is 1. The van der Waals surface area contributed by atoms with Crippen LogP contribution in [0.2, 0.25) is 0 Å². The minimum atomic E-state index is -1.04. The van der Waals surface area contributed by atoms with Crippen molar-refractivity contribution in [1.82, 2.24) is 5.32 Å². The molecule has 126 valence electrons. The average Bonchev–Trinajstić information content (AvgIpc) is 2.55. The molecule has 2 aromatic rings. The number of carbonyl (C=O) groups is 2. The molecule has 24 heavy (non-hydrogen) atoms. The van der Waals surface area contributed by atoms with Gasteiger partial charge in [-0.2, -0.15) is 0 Å². The van der Waals surface area contributed by atoms with E-state index in [1.165, 1.54) is 0 Å². The minimum Gasteiger partial charge on any atom is -0.480 e. The number of nitrogens with one attached hydrogen (secondary N) is 1. The van der Waals surface area contributed by atoms with Crippen molar-refractivity contribution in [2.24, 2.45) is 0 Å². The van der Waals surface area contributed by atoms with Crippen molar-refractivity contribution in [2.45, 2.75) is 25.5 Å². The number of carbonyl (C=O) groups excluding carboxylic acids is 1. The monoisotopic (exact) mass is 327 g/mol. The summed E-state index contributed by atoms with van der Waals surface area (Å²) in [4.78, 5) is 23.6. The predicted octanol–water partition coefficient (Wildman–Crippen LogP) is 2.19. The Morgan fingerprint density at radius 3 is 2.38 bits per heavy atom. The fourth-order valence-electron chi connectivity index (χ4n) is 2.48. The summed E-state index contributed by atoms with van der Waals surface area (Å²) in [6.07, 6.45) is 0.391. The highest BCUT2D eigenvalue weighted by Gasteiger charge is 2.20. The maximum Gasteiger partial charge on any atom is 0.326 e. The number of carboxylic acids is 1. The molecule has 0 saturated heterocycles. The van der Waals surface area contributed by atoms with Crippen molar-refractivity contribution in [2.75, 3.05) is 7.11 Å². The van der Waals surface area contributed by atoms with E-state index in [0.717, 1.165) is 16.7 Å². The Balaban J connectivity index is 1.98. The van der Waals surface area contributed by atoms with Gasteiger partial charge < -0.3 is 15.2 Å². The summed E-state index contributed by atoms with van der Waals surface area (Å²) in [6.45, 7) is 0.473. The third-order valence-corrected chi connectivity index (χ3v) is 3.58. The topological polar surface area (TPSA) is 75.6 Å². The number of carboxylic acid groups (broad SMARTS) is 1. The molecule has 0 aliphatic rings. The molecule has 5 heteroatoms. The molecule has 0 aromatic heterocycles. The Labute approximate surface area is 141 Å². The Hall–Kier alpha value is -2.66. The molecular weight excluding hydrogens is 306 g/mol. The molecule has 1 atom stereocenters. The first-order chi connectivity index (χ1) is 11.6. The summed E-state index contributed by atoms with van der Waals surface area (Å²) in [7, 11) is 1.61. The molecule has 1 amide bonds. The quantitative estimate of drug-likeness (QED) is 0.779. The van der Waals surface area contributed by atoms with E-state index in [1.807, 2.05) is 54.6 Å². The summed E-state index contributed by atoms with van der Waals surface area (Å²) in [5.74, 6) is -1.35. The van der Waals surface area contributed by atoms with E-state index in [1.54, 1.807) is 7.11 Å². The van der Waals surface area contributed by atoms with Gasteiger partial charge in [0.05, 0.1) is 13.0 Å². The summed E-state index contributed by atoms with van der Waals surface area (Å²) in [5.41, 5.74) is 2.67. The molecule has 0 spiro atoms. The van der Waals surface area contributed by atoms with Crippen molar-refractivity contribution >= 4 is 11.9 Å². The predicted molar refractivity (Wildman–Crippen MR) is 90.6 cm³/mol. The van der Waals surface area contributed by atoms with Crippen LogP contribution in [0.4, 0.5) is 0 Å². The lowest BCUT2D eigenvalue weighted by atomic mass is 10.0. The fraction of sp³-hybridized carbons (Fsp3) is 0.263. The van der Waals surface area contributed by atoms with Crippen LogP contribution in [0.1, 0.15) is 16.7 Å². The lowest BCUT2D eigenvalue weighted by molar-refractivity contribution is -0.141. The van der Waals surface area contributed by atoms with Gasteiger partial charge in [0.2, 0.25) is 5.91 Å². The van der Waals surface area contributed by atoms with Crippen molar-refractivity contribution in [3.05, 3.63) is 71.3 Å². The number of hydrogen-bond donors (Lipinski definition) is 2. The van der Waals surface area contributed by atoms with E-state index in [0.29, 0.717) is 6.61 Å². The summed E-state index contributed by atoms with van der Waals surface area (Å²) in [6, 6.07) is 15.8. The SMILES string of the molecule is COCc1cccc(CC(=O)NC(Cc2ccccc2)C(=O)O)c1. The molecule has 2 rings (SSSR count). The van der Waals surface area contributed by atoms with Gasteiger partial charge in [-0.15, -0.1) is 0 Å². The van der Waals surface area contributed by atoms with Crippen LogP contribution < -0.4 is 5.32 Å². The highest BCUT2D eigenvalue weighted by atomic mass is 16.5. The first kappa shape index (κ1) is 17.7. The molecule has 0 saturated carbocycles. The minimum absolute atomic E-state index is 0.135. The van der Waals surface area contributed by atoms with Gasteiger partial charge in [0.15, 0.2) is 0 Å². The van der Waals surface area contributed by atoms with Gasteiger partial charge in [-0.1, -0.05) is 54.6 Å². The first-order valence-electron chi connectivity index (χ1n) is 7.71. The van der Waals surface area contributed by atoms with E-state index in [-0.39, 0.29) is 18.7 Å². The van der Waals surface area contributed by atoms with E-state index in [9.17, 15) is 14.7 Å². The highest BCUT2D eigenvalue weighted by Crippen LogP contribution is 2.08. The lowest BCUT2D eigenvalue weighted by Gasteiger charge is -2.15. The zero-order valence-electron chi connectivity index (χ0n) is 13.6. The summed E-state index contributed by atoms with van der Waals surface area (Å²) in [5, 5.41) is 11.9. The van der Waals surface area contributed by atoms with Crippen LogP contribution in [-0.4, -0.2) is 30.1 Å². The van der Waals surface area contributed by atoms with Gasteiger partial charge in [0.1, 0.15) is 6.04 Å². The van der Waals surface area contributed by atoms with Gasteiger partial charge in [0, 0.05) is 13.5 Å². The van der Waals surface area contributed by atoms with Crippen LogP contribution >= 0.6 is 0 Å². The summed E-state index contributed by atoms with van der Waals surface area (Å²) >= 11 is 0. The molecule has 5 nitrogen and oxygen atoms in total. The van der Waals surface area contributed by atoms with E-state index in [4.69, 9.17) is 4.74 Å². The smallest absolute Gasteiger partial charge is 0.326 e. The fourth-order valence-corrected chi connectivity index (χ4v) is 2.48. The molecule has 2 aromatic carbocycles. The number of amides is 1. The normalized spacial score (nSPS) is 11.7. The zero-order valence-corrected chi connectivity index (χ0v) is 13.6. The van der Waals surface area contributed by atoms with Crippen LogP contribution in [0.25, 0.3) is 0 Å². The maximum atomic E-state index is 12.2. The molecule has 1 unspecified atom stereocenters. The van der Waals surface area contributed by atoms with E-state index >= 15 is 0 Å². The Bertz CT molecular complexity index is 685. The van der Waals surface area contributed by atoms with Crippen LogP contribution in [0.15, 0.2) is 54.6 Å². The van der Waals surface area contributed by atoms with Crippen molar-refractivity contribution < 1.29 is 19.4 Å². The van der Waals surface area contributed by atoms with Crippen molar-refractivity contribution in [1.29, 1.82) is 0 Å². The molecular formula is C19H21NO4. The lowest BCUT2D eigenvalue weighted by Crippen LogP contribution is -2.43. The van der Waals surface area contributed by atoms with Gasteiger partial charge in [-0.05, 0) is 16.7 Å². The van der Waals surface area contributed by atoms with Gasteiger partial charge in [-0.25, -0.2) is 4.79 Å². The standard InChI is InChI=1S/C19H21NO4/c1-24-13-16-9-5-8-15(10-16)12-18(21)20-17(19(22)23)11-14-6-3-2-4-7-14/h2-10,17H,11-13H2,1H3,(H,20,21)(H,22,23). The second-order valence-electron chi connectivity index (χ2n) is 5.58. The van der Waals surface area contributed by atoms with Crippen LogP contribution in [0, 0.1) is 0 Å². The second kappa shape index (κ2) is 8.84. The molecule has 0 heterocycles. The number of hydrogen-bond acceptors (Lipinski definition) is 3. The average molecular weight is 327 g/mol. The van der Waals surface area contributed by atoms with Crippen LogP contribution in [0.3, 0.4) is 0 Å². The van der Waals surface area contributed by atoms with E-state index in [2.05, 4.69) is 5.32 Å². The molecule has 0 radical (unpaired) electrons. The Morgan fingerprint density at radius 2 is 1.71 bits per heavy atom. The van der Waals surface area contributed by atoms with Crippen LogP contribution in [0.5, 0.6) is 0 Å². The van der Waals surface area contributed by atoms with Crippen molar-refractivity contribution in [3.63, 3.8) is 0 Å². The number of rotatable bonds is 8. The van der Waals surface area contributed by atoms with Gasteiger partial charge >= 0.3 is 5.97 Å². The molecule has 2 N–H and O–H groups in total. The molecule has 0 bridgehead atoms. The number of benzene rings is 2. The van der Waals surface area contributed by atoms with E-state index < -0.39 is 12.0 Å². The second-order valence-corrected chi connectivity index (χ2v) is 5.58. The van der Waals surface area contributed by atoms with Gasteiger partial charge in [-0.3, -0.25) is 4.79 Å². The summed E-state index contributed by atoms with van der Waals surface area (Å²) < 4.78 is 5.07. The number of methoxy groups -OCH3 is 1. The molecule has 0 fully saturated rings.